The molecule has 0 unspecified atom stereocenters. The van der Waals surface area contributed by atoms with Crippen LogP contribution >= 0.6 is 0 Å². The van der Waals surface area contributed by atoms with E-state index < -0.39 is 12.5 Å². The number of carbonyl (C=O) groups excluding carboxylic acids is 2. The molecular formula is C35H32N4O6. The Labute approximate surface area is 261 Å². The largest absolute Gasteiger partial charge is 0.493 e. The molecule has 0 spiro atoms. The van der Waals surface area contributed by atoms with Crippen molar-refractivity contribution in [1.29, 1.82) is 0 Å². The van der Waals surface area contributed by atoms with Crippen molar-refractivity contribution in [3.8, 4) is 11.5 Å². The van der Waals surface area contributed by atoms with E-state index in [0.717, 1.165) is 11.1 Å². The van der Waals surface area contributed by atoms with Crippen LogP contribution in [0.25, 0.3) is 0 Å². The molecule has 2 atom stereocenters. The number of hydrogen-bond acceptors (Lipinski definition) is 8. The van der Waals surface area contributed by atoms with Gasteiger partial charge in [0.05, 0.1) is 24.3 Å². The van der Waals surface area contributed by atoms with Crippen LogP contribution < -0.4 is 9.47 Å². The van der Waals surface area contributed by atoms with E-state index in [0.29, 0.717) is 54.1 Å². The first-order chi connectivity index (χ1) is 22.0. The highest BCUT2D eigenvalue weighted by Crippen LogP contribution is 2.37. The van der Waals surface area contributed by atoms with Gasteiger partial charge in [0.15, 0.2) is 0 Å². The number of nitrogens with zero attached hydrogens (tertiary/aromatic N) is 4. The van der Waals surface area contributed by atoms with Crippen molar-refractivity contribution in [2.45, 2.75) is 32.7 Å². The van der Waals surface area contributed by atoms with Gasteiger partial charge in [0.2, 0.25) is 36.1 Å². The quantitative estimate of drug-likeness (QED) is 0.206. The number of hydrazone groups is 2. The first-order valence-corrected chi connectivity index (χ1v) is 14.6. The van der Waals surface area contributed by atoms with Crippen molar-refractivity contribution >= 4 is 23.6 Å². The van der Waals surface area contributed by atoms with Crippen LogP contribution in [0.4, 0.5) is 0 Å². The van der Waals surface area contributed by atoms with Crippen LogP contribution in [0, 0.1) is 0 Å². The number of carbonyl (C=O) groups is 2. The topological polar surface area (TPSA) is 102 Å². The summed E-state index contributed by atoms with van der Waals surface area (Å²) in [5, 5.41) is 11.5. The summed E-state index contributed by atoms with van der Waals surface area (Å²) in [7, 11) is 0. The van der Waals surface area contributed by atoms with Crippen molar-refractivity contribution < 1.29 is 28.5 Å². The molecule has 0 N–H and O–H groups in total. The Kier molecular flexibility index (Phi) is 8.72. The third-order valence-corrected chi connectivity index (χ3v) is 7.15. The fourth-order valence-corrected chi connectivity index (χ4v) is 4.99. The molecule has 0 bridgehead atoms. The lowest BCUT2D eigenvalue weighted by Crippen LogP contribution is -2.26. The summed E-state index contributed by atoms with van der Waals surface area (Å²) in [6, 6.07) is 33.8. The van der Waals surface area contributed by atoms with Gasteiger partial charge in [-0.3, -0.25) is 9.59 Å². The number of rotatable bonds is 10. The Balaban J connectivity index is 1.09. The van der Waals surface area contributed by atoms with Gasteiger partial charge in [-0.25, -0.2) is 0 Å². The van der Waals surface area contributed by atoms with Gasteiger partial charge in [-0.15, -0.1) is 10.2 Å². The first-order valence-electron chi connectivity index (χ1n) is 14.6. The van der Waals surface area contributed by atoms with Crippen molar-refractivity contribution in [3.63, 3.8) is 0 Å². The summed E-state index contributed by atoms with van der Waals surface area (Å²) >= 11 is 0. The van der Waals surface area contributed by atoms with E-state index in [4.69, 9.17) is 18.9 Å². The maximum atomic E-state index is 12.5. The Morgan fingerprint density at radius 1 is 0.600 bits per heavy atom. The van der Waals surface area contributed by atoms with Crippen LogP contribution in [0.5, 0.6) is 11.5 Å². The number of benzene rings is 4. The highest BCUT2D eigenvalue weighted by atomic mass is 16.5. The minimum absolute atomic E-state index is 0.247. The molecule has 2 heterocycles. The molecule has 0 aromatic heterocycles. The van der Waals surface area contributed by atoms with Crippen molar-refractivity contribution in [2.75, 3.05) is 13.2 Å². The van der Waals surface area contributed by atoms with Crippen LogP contribution in [0.1, 0.15) is 55.0 Å². The number of para-hydroxylation sites is 2. The third-order valence-electron chi connectivity index (χ3n) is 7.15. The molecule has 228 valence electrons. The van der Waals surface area contributed by atoms with Crippen molar-refractivity contribution in [2.24, 2.45) is 10.2 Å². The molecular weight excluding hydrogens is 572 g/mol. The zero-order valence-corrected chi connectivity index (χ0v) is 24.9. The smallest absolute Gasteiger partial charge is 0.243 e. The van der Waals surface area contributed by atoms with E-state index in [1.807, 2.05) is 109 Å². The second kappa shape index (κ2) is 13.3. The molecule has 0 saturated carbocycles. The van der Waals surface area contributed by atoms with Gasteiger partial charge >= 0.3 is 0 Å². The lowest BCUT2D eigenvalue weighted by molar-refractivity contribution is -0.136. The Hall–Kier alpha value is -5.64. The average molecular weight is 605 g/mol. The zero-order valence-electron chi connectivity index (χ0n) is 24.9. The standard InChI is InChI=1S/C35H32N4O6/c1-24(40)38-34(44-32(36-38)26-14-5-3-6-15-26)28-18-9-11-20-30(28)42-22-13-23-43-31-21-12-10-19-29(31)35-39(25(2)41)37-33(45-35)27-16-7-4-8-17-27/h3-12,14-21,34-35H,13,22-23H2,1-2H3/t34-,35-/m0/s1. The monoisotopic (exact) mass is 604 g/mol. The summed E-state index contributed by atoms with van der Waals surface area (Å²) in [5.74, 6) is 1.41. The second-order valence-corrected chi connectivity index (χ2v) is 10.3. The van der Waals surface area contributed by atoms with Crippen molar-refractivity contribution in [3.05, 3.63) is 131 Å². The maximum absolute atomic E-state index is 12.5. The molecule has 0 saturated heterocycles. The fourth-order valence-electron chi connectivity index (χ4n) is 4.99. The minimum atomic E-state index is -0.754. The molecule has 6 rings (SSSR count). The van der Waals surface area contributed by atoms with E-state index in [1.54, 1.807) is 0 Å². The third kappa shape index (κ3) is 6.50. The van der Waals surface area contributed by atoms with Crippen LogP contribution in [-0.4, -0.2) is 46.8 Å². The van der Waals surface area contributed by atoms with Crippen molar-refractivity contribution in [1.82, 2.24) is 10.0 Å². The van der Waals surface area contributed by atoms with Crippen LogP contribution in [-0.2, 0) is 19.1 Å². The van der Waals surface area contributed by atoms with Crippen LogP contribution in [0.15, 0.2) is 119 Å². The molecule has 2 aliphatic rings. The molecule has 0 aliphatic carbocycles. The van der Waals surface area contributed by atoms with E-state index in [2.05, 4.69) is 10.2 Å². The molecule has 10 nitrogen and oxygen atoms in total. The molecule has 10 heteroatoms. The van der Waals surface area contributed by atoms with Gasteiger partial charge in [0.25, 0.3) is 0 Å². The maximum Gasteiger partial charge on any atom is 0.243 e. The van der Waals surface area contributed by atoms with Gasteiger partial charge in [0, 0.05) is 31.4 Å². The van der Waals surface area contributed by atoms with Gasteiger partial charge in [-0.05, 0) is 48.5 Å². The SMILES string of the molecule is CC(=O)N1N=C(c2ccccc2)O[C@H]1c1ccccc1OCCCOc1ccccc1[C@@H]1OC(c2ccccc2)=NN1C(C)=O. The molecule has 2 amide bonds. The second-order valence-electron chi connectivity index (χ2n) is 10.3. The average Bonchev–Trinajstić information content (AvgIpc) is 3.72. The first kappa shape index (κ1) is 29.4. The number of hydrogen-bond donors (Lipinski definition) is 0. The molecule has 0 fully saturated rings. The van der Waals surface area contributed by atoms with E-state index >= 15 is 0 Å². The van der Waals surface area contributed by atoms with Gasteiger partial charge in [0.1, 0.15) is 11.5 Å². The summed E-state index contributed by atoms with van der Waals surface area (Å²) in [6.45, 7) is 3.60. The number of amides is 2. The lowest BCUT2D eigenvalue weighted by atomic mass is 10.1. The van der Waals surface area contributed by atoms with Gasteiger partial charge < -0.3 is 18.9 Å². The Morgan fingerprint density at radius 3 is 1.38 bits per heavy atom. The fraction of sp³-hybridized carbons (Fsp3) is 0.200. The highest BCUT2D eigenvalue weighted by Gasteiger charge is 2.36. The van der Waals surface area contributed by atoms with E-state index in [9.17, 15) is 9.59 Å². The summed E-state index contributed by atoms with van der Waals surface area (Å²) < 4.78 is 24.6. The molecule has 45 heavy (non-hydrogen) atoms. The van der Waals surface area contributed by atoms with Crippen LogP contribution in [0.2, 0.25) is 0 Å². The van der Waals surface area contributed by atoms with E-state index in [-0.39, 0.29) is 11.8 Å². The predicted molar refractivity (Wildman–Crippen MR) is 167 cm³/mol. The highest BCUT2D eigenvalue weighted by molar-refractivity contribution is 5.97. The lowest BCUT2D eigenvalue weighted by Gasteiger charge is -2.22. The van der Waals surface area contributed by atoms with E-state index in [1.165, 1.54) is 23.9 Å². The van der Waals surface area contributed by atoms with Crippen LogP contribution in [0.3, 0.4) is 0 Å². The Bertz CT molecular complexity index is 1600. The summed E-state index contributed by atoms with van der Waals surface area (Å²) in [4.78, 5) is 24.9. The summed E-state index contributed by atoms with van der Waals surface area (Å²) in [5.41, 5.74) is 2.93. The number of ether oxygens (including phenoxy) is 4. The Morgan fingerprint density at radius 2 is 0.978 bits per heavy atom. The normalized spacial score (nSPS) is 17.2. The molecule has 4 aromatic carbocycles. The molecule has 4 aromatic rings. The van der Waals surface area contributed by atoms with Gasteiger partial charge in [-0.2, -0.15) is 10.0 Å². The zero-order chi connectivity index (χ0) is 31.2. The molecule has 0 radical (unpaired) electrons. The predicted octanol–water partition coefficient (Wildman–Crippen LogP) is 6.01. The van der Waals surface area contributed by atoms with Gasteiger partial charge in [-0.1, -0.05) is 60.7 Å². The minimum Gasteiger partial charge on any atom is -0.493 e. The molecule has 2 aliphatic heterocycles. The summed E-state index contributed by atoms with van der Waals surface area (Å²) in [6.07, 6.45) is -0.948.